The van der Waals surface area contributed by atoms with Crippen molar-refractivity contribution in [3.05, 3.63) is 77.5 Å². The second-order valence-corrected chi connectivity index (χ2v) is 8.76. The number of rotatable bonds is 8. The van der Waals surface area contributed by atoms with E-state index in [9.17, 15) is 14.4 Å². The summed E-state index contributed by atoms with van der Waals surface area (Å²) in [5, 5.41) is 16.0. The molecule has 36 heavy (non-hydrogen) atoms. The van der Waals surface area contributed by atoms with E-state index in [1.807, 2.05) is 36.4 Å². The quantitative estimate of drug-likeness (QED) is 0.346. The Kier molecular flexibility index (Phi) is 6.41. The van der Waals surface area contributed by atoms with Gasteiger partial charge in [-0.3, -0.25) is 9.78 Å². The van der Waals surface area contributed by atoms with Crippen molar-refractivity contribution in [2.45, 2.75) is 19.3 Å². The fourth-order valence-electron chi connectivity index (χ4n) is 4.21. The maximum absolute atomic E-state index is 14.3. The first-order chi connectivity index (χ1) is 17.5. The second-order valence-electron chi connectivity index (χ2n) is 8.76. The number of carbonyl (C=O) groups is 1. The van der Waals surface area contributed by atoms with Crippen LogP contribution in [0.15, 0.2) is 54.9 Å². The normalized spacial score (nSPS) is 12.8. The zero-order valence-electron chi connectivity index (χ0n) is 19.5. The van der Waals surface area contributed by atoms with Crippen molar-refractivity contribution in [2.24, 2.45) is 5.92 Å². The molecule has 2 aromatic carbocycles. The summed E-state index contributed by atoms with van der Waals surface area (Å²) in [6.07, 6.45) is 3.91. The first kappa shape index (κ1) is 23.2. The van der Waals surface area contributed by atoms with Gasteiger partial charge in [0.05, 0.1) is 16.8 Å². The van der Waals surface area contributed by atoms with Crippen LogP contribution < -0.4 is 16.4 Å². The van der Waals surface area contributed by atoms with Gasteiger partial charge in [0.1, 0.15) is 35.4 Å². The minimum absolute atomic E-state index is 0.0976. The molecule has 1 fully saturated rings. The van der Waals surface area contributed by atoms with Crippen molar-refractivity contribution in [1.82, 2.24) is 20.3 Å². The van der Waals surface area contributed by atoms with E-state index < -0.39 is 5.82 Å². The molecule has 0 atom stereocenters. The van der Waals surface area contributed by atoms with Gasteiger partial charge in [0.25, 0.3) is 5.91 Å². The third-order valence-corrected chi connectivity index (χ3v) is 6.20. The van der Waals surface area contributed by atoms with Gasteiger partial charge in [-0.2, -0.15) is 5.26 Å². The highest BCUT2D eigenvalue weighted by Crippen LogP contribution is 2.34. The predicted molar refractivity (Wildman–Crippen MR) is 136 cm³/mol. The van der Waals surface area contributed by atoms with Gasteiger partial charge in [0, 0.05) is 30.5 Å². The number of halogens is 1. The lowest BCUT2D eigenvalue weighted by Crippen LogP contribution is -2.27. The second kappa shape index (κ2) is 9.96. The summed E-state index contributed by atoms with van der Waals surface area (Å²) in [5.74, 6) is 0.247. The standard InChI is InChI=1S/C27H24FN7O/c28-18-8-9-21-19(12-18)24(27(36)32-14-16-6-7-16)23(17-4-2-1-3-5-17)22(35-21)10-11-31-26-20(13-29)25(30)33-15-34-26/h1-5,8-9,12,15-16H,6-7,10-11,14H2,(H,32,36)(H3,30,31,33,34). The van der Waals surface area contributed by atoms with Crippen LogP contribution in [0, 0.1) is 23.1 Å². The molecule has 4 N–H and O–H groups in total. The molecule has 1 aliphatic carbocycles. The number of benzene rings is 2. The number of nitrogen functional groups attached to an aromatic ring is 1. The molecule has 1 aliphatic rings. The molecule has 9 heteroatoms. The number of pyridine rings is 1. The Morgan fingerprint density at radius 1 is 1.17 bits per heavy atom. The van der Waals surface area contributed by atoms with Gasteiger partial charge in [0.15, 0.2) is 0 Å². The Morgan fingerprint density at radius 3 is 2.72 bits per heavy atom. The SMILES string of the molecule is N#Cc1c(N)ncnc1NCCc1nc2ccc(F)cc2c(C(=O)NCC2CC2)c1-c1ccccc1. The number of aromatic nitrogens is 3. The lowest BCUT2D eigenvalue weighted by Gasteiger charge is -2.18. The molecule has 0 spiro atoms. The van der Waals surface area contributed by atoms with Crippen LogP contribution in [0.3, 0.4) is 0 Å². The number of amides is 1. The molecule has 8 nitrogen and oxygen atoms in total. The monoisotopic (exact) mass is 481 g/mol. The minimum Gasteiger partial charge on any atom is -0.382 e. The summed E-state index contributed by atoms with van der Waals surface area (Å²) in [7, 11) is 0. The van der Waals surface area contributed by atoms with Crippen molar-refractivity contribution in [1.29, 1.82) is 5.26 Å². The van der Waals surface area contributed by atoms with Crippen LogP contribution >= 0.6 is 0 Å². The zero-order chi connectivity index (χ0) is 25.1. The van der Waals surface area contributed by atoms with Crippen molar-refractivity contribution >= 4 is 28.4 Å². The molecule has 0 unspecified atom stereocenters. The Labute approximate surface area is 207 Å². The van der Waals surface area contributed by atoms with Crippen LogP contribution in [0.25, 0.3) is 22.0 Å². The van der Waals surface area contributed by atoms with Gasteiger partial charge in [0.2, 0.25) is 0 Å². The number of nitriles is 1. The van der Waals surface area contributed by atoms with Crippen LogP contribution in [0.4, 0.5) is 16.0 Å². The lowest BCUT2D eigenvalue weighted by atomic mass is 9.92. The molecule has 0 saturated heterocycles. The summed E-state index contributed by atoms with van der Waals surface area (Å²) < 4.78 is 14.3. The molecule has 4 aromatic rings. The Bertz CT molecular complexity index is 1480. The third-order valence-electron chi connectivity index (χ3n) is 6.20. The molecule has 0 bridgehead atoms. The minimum atomic E-state index is -0.431. The number of hydrogen-bond donors (Lipinski definition) is 3. The smallest absolute Gasteiger partial charge is 0.252 e. The Hall–Kier alpha value is -4.58. The number of anilines is 2. The maximum Gasteiger partial charge on any atom is 0.252 e. The van der Waals surface area contributed by atoms with E-state index in [-0.39, 0.29) is 17.3 Å². The number of nitrogens with zero attached hydrogens (tertiary/aromatic N) is 4. The Balaban J connectivity index is 1.58. The maximum atomic E-state index is 14.3. The zero-order valence-corrected chi connectivity index (χ0v) is 19.5. The van der Waals surface area contributed by atoms with Crippen LogP contribution in [-0.4, -0.2) is 33.9 Å². The largest absolute Gasteiger partial charge is 0.382 e. The summed E-state index contributed by atoms with van der Waals surface area (Å²) in [5.41, 5.74) is 9.05. The number of nitrogens with one attached hydrogen (secondary N) is 2. The highest BCUT2D eigenvalue weighted by molar-refractivity contribution is 6.12. The topological polar surface area (TPSA) is 130 Å². The summed E-state index contributed by atoms with van der Waals surface area (Å²) >= 11 is 0. The molecule has 180 valence electrons. The van der Waals surface area contributed by atoms with Gasteiger partial charge in [-0.05, 0) is 42.5 Å². The molecule has 0 aliphatic heterocycles. The van der Waals surface area contributed by atoms with E-state index >= 15 is 0 Å². The first-order valence-corrected chi connectivity index (χ1v) is 11.8. The van der Waals surface area contributed by atoms with E-state index in [0.29, 0.717) is 59.0 Å². The van der Waals surface area contributed by atoms with E-state index in [0.717, 1.165) is 18.4 Å². The van der Waals surface area contributed by atoms with E-state index in [1.165, 1.54) is 18.5 Å². The molecule has 5 rings (SSSR count). The summed E-state index contributed by atoms with van der Waals surface area (Å²) in [4.78, 5) is 26.3. The van der Waals surface area contributed by atoms with Crippen LogP contribution in [0.1, 0.15) is 34.5 Å². The fourth-order valence-corrected chi connectivity index (χ4v) is 4.21. The van der Waals surface area contributed by atoms with Crippen molar-refractivity contribution < 1.29 is 9.18 Å². The third kappa shape index (κ3) is 4.79. The van der Waals surface area contributed by atoms with E-state index in [1.54, 1.807) is 6.07 Å². The molecular formula is C27H24FN7O. The first-order valence-electron chi connectivity index (χ1n) is 11.8. The molecule has 0 radical (unpaired) electrons. The molecule has 1 amide bonds. The number of hydrogen-bond acceptors (Lipinski definition) is 7. The van der Waals surface area contributed by atoms with Gasteiger partial charge in [-0.1, -0.05) is 30.3 Å². The predicted octanol–water partition coefficient (Wildman–Crippen LogP) is 4.08. The fraction of sp³-hybridized carbons (Fsp3) is 0.222. The summed E-state index contributed by atoms with van der Waals surface area (Å²) in [6, 6.07) is 15.8. The van der Waals surface area contributed by atoms with Crippen LogP contribution in [-0.2, 0) is 6.42 Å². The van der Waals surface area contributed by atoms with Crippen molar-refractivity contribution in [3.8, 4) is 17.2 Å². The van der Waals surface area contributed by atoms with Gasteiger partial charge in [-0.15, -0.1) is 0 Å². The molecular weight excluding hydrogens is 457 g/mol. The number of nitrogens with two attached hydrogens (primary N) is 1. The van der Waals surface area contributed by atoms with Gasteiger partial charge >= 0.3 is 0 Å². The van der Waals surface area contributed by atoms with Gasteiger partial charge < -0.3 is 16.4 Å². The lowest BCUT2D eigenvalue weighted by molar-refractivity contribution is 0.0954. The van der Waals surface area contributed by atoms with Crippen LogP contribution in [0.2, 0.25) is 0 Å². The highest BCUT2D eigenvalue weighted by atomic mass is 19.1. The average Bonchev–Trinajstić information content (AvgIpc) is 3.72. The van der Waals surface area contributed by atoms with E-state index in [4.69, 9.17) is 10.7 Å². The molecule has 2 heterocycles. The van der Waals surface area contributed by atoms with Crippen molar-refractivity contribution in [3.63, 3.8) is 0 Å². The summed E-state index contributed by atoms with van der Waals surface area (Å²) in [6.45, 7) is 0.961. The average molecular weight is 482 g/mol. The van der Waals surface area contributed by atoms with Crippen LogP contribution in [0.5, 0.6) is 0 Å². The number of carbonyl (C=O) groups excluding carboxylic acids is 1. The van der Waals surface area contributed by atoms with Crippen molar-refractivity contribution in [2.75, 3.05) is 24.1 Å². The van der Waals surface area contributed by atoms with E-state index in [2.05, 4.69) is 20.6 Å². The molecule has 1 saturated carbocycles. The van der Waals surface area contributed by atoms with Gasteiger partial charge in [-0.25, -0.2) is 14.4 Å². The highest BCUT2D eigenvalue weighted by Gasteiger charge is 2.26. The Morgan fingerprint density at radius 2 is 1.97 bits per heavy atom. The molecule has 2 aromatic heterocycles. The number of fused-ring (bicyclic) bond motifs is 1.